The van der Waals surface area contributed by atoms with Crippen LogP contribution in [0.1, 0.15) is 46.0 Å². The number of aryl methyl sites for hydroxylation is 2. The summed E-state index contributed by atoms with van der Waals surface area (Å²) in [5.41, 5.74) is 4.38. The molecule has 5 heteroatoms. The molecule has 1 aromatic heterocycles. The maximum Gasteiger partial charge on any atom is 0.276 e. The molecule has 0 atom stereocenters. The molecule has 3 rings (SSSR count). The van der Waals surface area contributed by atoms with Gasteiger partial charge in [0.05, 0.1) is 0 Å². The summed E-state index contributed by atoms with van der Waals surface area (Å²) in [6, 6.07) is 20.6. The molecule has 0 aliphatic rings. The topological polar surface area (TPSA) is 53.5 Å². The number of pyridine rings is 1. The third-order valence-electron chi connectivity index (χ3n) is 5.00. The number of carbonyl (C=O) groups is 2. The summed E-state index contributed by atoms with van der Waals surface area (Å²) >= 11 is 0. The van der Waals surface area contributed by atoms with Crippen molar-refractivity contribution in [1.82, 2.24) is 4.98 Å². The Kier molecular flexibility index (Phi) is 6.62. The lowest BCUT2D eigenvalue weighted by Gasteiger charge is -2.22. The second-order valence-electron chi connectivity index (χ2n) is 7.18. The van der Waals surface area contributed by atoms with Gasteiger partial charge in [0.15, 0.2) is 0 Å². The fourth-order valence-corrected chi connectivity index (χ4v) is 3.29. The SMILES string of the molecule is CCN(C(=O)c1cccc(C(=O)N(CC)c2ccc(C)cc2)n1)c1ccc(C)cc1. The van der Waals surface area contributed by atoms with Crippen LogP contribution in [-0.4, -0.2) is 29.9 Å². The minimum Gasteiger partial charge on any atom is -0.307 e. The van der Waals surface area contributed by atoms with E-state index in [0.717, 1.165) is 22.5 Å². The zero-order valence-electron chi connectivity index (χ0n) is 17.9. The highest BCUT2D eigenvalue weighted by Crippen LogP contribution is 2.20. The average Bonchev–Trinajstić information content (AvgIpc) is 2.77. The predicted molar refractivity (Wildman–Crippen MR) is 121 cm³/mol. The van der Waals surface area contributed by atoms with E-state index in [1.54, 1.807) is 28.0 Å². The fraction of sp³-hybridized carbons (Fsp3) is 0.240. The Morgan fingerprint density at radius 3 is 1.37 bits per heavy atom. The van der Waals surface area contributed by atoms with Crippen LogP contribution in [0.5, 0.6) is 0 Å². The van der Waals surface area contributed by atoms with E-state index in [1.165, 1.54) is 0 Å². The van der Waals surface area contributed by atoms with Gasteiger partial charge in [-0.3, -0.25) is 9.59 Å². The van der Waals surface area contributed by atoms with Gasteiger partial charge in [-0.1, -0.05) is 41.5 Å². The van der Waals surface area contributed by atoms with E-state index >= 15 is 0 Å². The summed E-state index contributed by atoms with van der Waals surface area (Å²) in [4.78, 5) is 34.0. The van der Waals surface area contributed by atoms with Gasteiger partial charge < -0.3 is 9.80 Å². The van der Waals surface area contributed by atoms with E-state index in [4.69, 9.17) is 0 Å². The van der Waals surface area contributed by atoms with Gasteiger partial charge in [-0.05, 0) is 64.1 Å². The first-order valence-electron chi connectivity index (χ1n) is 10.2. The summed E-state index contributed by atoms with van der Waals surface area (Å²) < 4.78 is 0. The molecule has 0 bridgehead atoms. The van der Waals surface area contributed by atoms with Gasteiger partial charge in [-0.2, -0.15) is 0 Å². The van der Waals surface area contributed by atoms with Crippen LogP contribution in [0.25, 0.3) is 0 Å². The van der Waals surface area contributed by atoms with Crippen molar-refractivity contribution in [2.24, 2.45) is 0 Å². The first-order valence-corrected chi connectivity index (χ1v) is 10.2. The molecule has 0 N–H and O–H groups in total. The van der Waals surface area contributed by atoms with Crippen LogP contribution in [0.15, 0.2) is 66.7 Å². The van der Waals surface area contributed by atoms with Crippen LogP contribution in [0, 0.1) is 13.8 Å². The Morgan fingerprint density at radius 2 is 1.03 bits per heavy atom. The van der Waals surface area contributed by atoms with E-state index in [9.17, 15) is 9.59 Å². The third-order valence-corrected chi connectivity index (χ3v) is 5.00. The molecule has 0 unspecified atom stereocenters. The summed E-state index contributed by atoms with van der Waals surface area (Å²) in [5.74, 6) is -0.455. The standard InChI is InChI=1S/C25H27N3O2/c1-5-27(20-14-10-18(3)11-15-20)24(29)22-8-7-9-23(26-22)25(30)28(6-2)21-16-12-19(4)13-17-21/h7-17H,5-6H2,1-4H3. The number of rotatable bonds is 6. The zero-order valence-corrected chi connectivity index (χ0v) is 17.9. The molecule has 3 aromatic rings. The van der Waals surface area contributed by atoms with Crippen LogP contribution in [-0.2, 0) is 0 Å². The lowest BCUT2D eigenvalue weighted by Crippen LogP contribution is -2.34. The van der Waals surface area contributed by atoms with Crippen LogP contribution in [0.4, 0.5) is 11.4 Å². The van der Waals surface area contributed by atoms with Crippen molar-refractivity contribution in [2.75, 3.05) is 22.9 Å². The molecule has 30 heavy (non-hydrogen) atoms. The molecular formula is C25H27N3O2. The second-order valence-corrected chi connectivity index (χ2v) is 7.18. The highest BCUT2D eigenvalue weighted by Gasteiger charge is 2.21. The minimum absolute atomic E-state index is 0.227. The number of amides is 2. The number of nitrogens with zero attached hydrogens (tertiary/aromatic N) is 3. The van der Waals surface area contributed by atoms with Crippen LogP contribution < -0.4 is 9.80 Å². The fourth-order valence-electron chi connectivity index (χ4n) is 3.29. The smallest absolute Gasteiger partial charge is 0.276 e. The molecule has 0 aliphatic heterocycles. The summed E-state index contributed by atoms with van der Waals surface area (Å²) in [6.45, 7) is 8.86. The Hall–Kier alpha value is -3.47. The minimum atomic E-state index is -0.227. The van der Waals surface area contributed by atoms with Gasteiger partial charge in [0.2, 0.25) is 0 Å². The van der Waals surface area contributed by atoms with Crippen molar-refractivity contribution >= 4 is 23.2 Å². The molecule has 154 valence electrons. The molecule has 1 heterocycles. The van der Waals surface area contributed by atoms with E-state index in [-0.39, 0.29) is 23.2 Å². The Morgan fingerprint density at radius 1 is 0.667 bits per heavy atom. The second kappa shape index (κ2) is 9.35. The Balaban J connectivity index is 1.88. The average molecular weight is 402 g/mol. The molecule has 0 saturated carbocycles. The monoisotopic (exact) mass is 401 g/mol. The number of benzene rings is 2. The van der Waals surface area contributed by atoms with Gasteiger partial charge in [-0.25, -0.2) is 4.98 Å². The molecule has 2 amide bonds. The lowest BCUT2D eigenvalue weighted by atomic mass is 10.2. The van der Waals surface area contributed by atoms with E-state index in [1.807, 2.05) is 76.2 Å². The number of hydrogen-bond donors (Lipinski definition) is 0. The normalized spacial score (nSPS) is 10.5. The Bertz CT molecular complexity index is 946. The van der Waals surface area contributed by atoms with Crippen LogP contribution in [0.3, 0.4) is 0 Å². The van der Waals surface area contributed by atoms with Crippen molar-refractivity contribution in [2.45, 2.75) is 27.7 Å². The van der Waals surface area contributed by atoms with E-state index in [2.05, 4.69) is 4.98 Å². The van der Waals surface area contributed by atoms with Crippen molar-refractivity contribution in [3.8, 4) is 0 Å². The zero-order chi connectivity index (χ0) is 21.7. The number of anilines is 2. The molecule has 5 nitrogen and oxygen atoms in total. The molecule has 0 saturated heterocycles. The largest absolute Gasteiger partial charge is 0.307 e. The van der Waals surface area contributed by atoms with E-state index < -0.39 is 0 Å². The molecule has 0 fully saturated rings. The van der Waals surface area contributed by atoms with Crippen molar-refractivity contribution in [3.05, 3.63) is 89.2 Å². The predicted octanol–water partition coefficient (Wildman–Crippen LogP) is 5.03. The van der Waals surface area contributed by atoms with Gasteiger partial charge in [-0.15, -0.1) is 0 Å². The first kappa shape index (κ1) is 21.2. The first-order chi connectivity index (χ1) is 14.4. The van der Waals surface area contributed by atoms with Gasteiger partial charge in [0.1, 0.15) is 11.4 Å². The molecule has 0 aliphatic carbocycles. The highest BCUT2D eigenvalue weighted by molar-refractivity contribution is 6.08. The van der Waals surface area contributed by atoms with Crippen LogP contribution >= 0.6 is 0 Å². The number of aromatic nitrogens is 1. The molecule has 2 aromatic carbocycles. The van der Waals surface area contributed by atoms with Crippen LogP contribution in [0.2, 0.25) is 0 Å². The molecule has 0 spiro atoms. The van der Waals surface area contributed by atoms with Gasteiger partial charge in [0.25, 0.3) is 11.8 Å². The third kappa shape index (κ3) is 4.57. The maximum absolute atomic E-state index is 13.1. The maximum atomic E-state index is 13.1. The molecule has 0 radical (unpaired) electrons. The van der Waals surface area contributed by atoms with Crippen molar-refractivity contribution in [3.63, 3.8) is 0 Å². The number of carbonyl (C=O) groups excluding carboxylic acids is 2. The van der Waals surface area contributed by atoms with Gasteiger partial charge in [0, 0.05) is 24.5 Å². The molecular weight excluding hydrogens is 374 g/mol. The summed E-state index contributed by atoms with van der Waals surface area (Å²) in [6.07, 6.45) is 0. The summed E-state index contributed by atoms with van der Waals surface area (Å²) in [5, 5.41) is 0. The highest BCUT2D eigenvalue weighted by atomic mass is 16.2. The lowest BCUT2D eigenvalue weighted by molar-refractivity contribution is 0.0979. The van der Waals surface area contributed by atoms with Gasteiger partial charge >= 0.3 is 0 Å². The van der Waals surface area contributed by atoms with Crippen molar-refractivity contribution < 1.29 is 9.59 Å². The number of hydrogen-bond acceptors (Lipinski definition) is 3. The van der Waals surface area contributed by atoms with E-state index in [0.29, 0.717) is 13.1 Å². The Labute approximate surface area is 178 Å². The summed E-state index contributed by atoms with van der Waals surface area (Å²) in [7, 11) is 0. The van der Waals surface area contributed by atoms with Crippen molar-refractivity contribution in [1.29, 1.82) is 0 Å². The quantitative estimate of drug-likeness (QED) is 0.582.